The first kappa shape index (κ1) is 9.20. The van der Waals surface area contributed by atoms with Gasteiger partial charge < -0.3 is 5.32 Å². The van der Waals surface area contributed by atoms with Crippen LogP contribution in [0.5, 0.6) is 0 Å². The van der Waals surface area contributed by atoms with E-state index < -0.39 is 0 Å². The fourth-order valence-corrected chi connectivity index (χ4v) is 0. The summed E-state index contributed by atoms with van der Waals surface area (Å²) < 4.78 is 0. The van der Waals surface area contributed by atoms with E-state index in [-0.39, 0.29) is 0 Å². The van der Waals surface area contributed by atoms with Crippen molar-refractivity contribution >= 4 is 5.47 Å². The van der Waals surface area contributed by atoms with Gasteiger partial charge in [0.2, 0.25) is 0 Å². The standard InChI is InChI=1S/C2H6N.B.W/c1-3-2;;/h1-2H3;;/q-1;;+1. The second kappa shape index (κ2) is 22.1. The first-order valence-corrected chi connectivity index (χ1v) is 2.82. The van der Waals surface area contributed by atoms with Gasteiger partial charge in [-0.05, 0) is 0 Å². The van der Waals surface area contributed by atoms with Gasteiger partial charge in [-0.25, -0.2) is 0 Å². The molecule has 0 rings (SSSR count). The zero-order valence-corrected chi connectivity index (χ0v) is 6.37. The topological polar surface area (TPSA) is 14.1 Å². The van der Waals surface area contributed by atoms with E-state index in [4.69, 9.17) is 0 Å². The number of nitrogens with zero attached hydrogens (tertiary/aromatic N) is 1. The Balaban J connectivity index is 0. The van der Waals surface area contributed by atoms with Crippen molar-refractivity contribution in [1.82, 2.24) is 0 Å². The third kappa shape index (κ3) is 68.2. The predicted octanol–water partition coefficient (Wildman–Crippen LogP) is 0.236. The number of hydrogen-bond acceptors (Lipinski definition) is 0. The van der Waals surface area contributed by atoms with Crippen LogP contribution in [0.4, 0.5) is 0 Å². The van der Waals surface area contributed by atoms with Gasteiger partial charge in [-0.2, -0.15) is 14.1 Å². The molecule has 0 aliphatic rings. The van der Waals surface area contributed by atoms with Crippen LogP contribution in [0, 0.1) is 0 Å². The molecule has 0 amide bonds. The van der Waals surface area contributed by atoms with Crippen LogP contribution in [0.1, 0.15) is 0 Å². The molecule has 0 bridgehead atoms. The fraction of sp³-hybridized carbons (Fsp3) is 1.00. The van der Waals surface area contributed by atoms with Gasteiger partial charge in [0.25, 0.3) is 0 Å². The Labute approximate surface area is 44.3 Å². The van der Waals surface area contributed by atoms with E-state index in [1.807, 2.05) is 0 Å². The maximum absolute atomic E-state index is 4.58. The van der Waals surface area contributed by atoms with Gasteiger partial charge in [-0.1, -0.05) is 0 Å². The minimum atomic E-state index is 1.08. The Bertz CT molecular complexity index is 20.9. The Morgan fingerprint density at radius 1 is 1.40 bits per heavy atom. The van der Waals surface area contributed by atoms with Crippen LogP contribution < -0.4 is 0 Å². The van der Waals surface area contributed by atoms with E-state index in [0.29, 0.717) is 0 Å². The third-order valence-electron chi connectivity index (χ3n) is 0. The average Bonchev–Trinajstić information content (AvgIpc) is 1.46. The molecule has 0 aromatic rings. The van der Waals surface area contributed by atoms with E-state index in [2.05, 4.69) is 10.8 Å². The molecule has 0 saturated carbocycles. The van der Waals surface area contributed by atoms with Gasteiger partial charge >= 0.3 is 24.4 Å². The molecule has 0 aromatic carbocycles. The Morgan fingerprint density at radius 2 is 1.40 bits per heavy atom. The van der Waals surface area contributed by atoms with Gasteiger partial charge in [0, 0.05) is 0 Å². The molecule has 0 heterocycles. The minimum absolute atomic E-state index is 1.08. The molecule has 0 saturated heterocycles. The molecule has 0 N–H and O–H groups in total. The van der Waals surface area contributed by atoms with E-state index >= 15 is 0 Å². The molecule has 0 aromatic heterocycles. The van der Waals surface area contributed by atoms with E-state index in [0.717, 1.165) is 18.9 Å². The van der Waals surface area contributed by atoms with E-state index in [1.54, 1.807) is 14.1 Å². The van der Waals surface area contributed by atoms with Crippen LogP contribution in [-0.4, -0.2) is 19.6 Å². The van der Waals surface area contributed by atoms with Crippen molar-refractivity contribution < 1.29 is 18.9 Å². The van der Waals surface area contributed by atoms with Crippen LogP contribution in [0.2, 0.25) is 0 Å². The summed E-state index contributed by atoms with van der Waals surface area (Å²) in [5.41, 5.74) is 4.58. The average molecular weight is 239 g/mol. The molecule has 28 valence electrons. The Kier molecular flexibility index (Phi) is 40.8. The number of rotatable bonds is 0. The summed E-state index contributed by atoms with van der Waals surface area (Å²) in [6.45, 7) is 0. The van der Waals surface area contributed by atoms with E-state index in [9.17, 15) is 0 Å². The van der Waals surface area contributed by atoms with Gasteiger partial charge in [0.15, 0.2) is 0 Å². The van der Waals surface area contributed by atoms with Crippen LogP contribution in [0.15, 0.2) is 0 Å². The summed E-state index contributed by atoms with van der Waals surface area (Å²) in [4.78, 5) is 0. The molecule has 0 spiro atoms. The van der Waals surface area contributed by atoms with E-state index in [1.165, 1.54) is 0 Å². The van der Waals surface area contributed by atoms with Crippen LogP contribution >= 0.6 is 0 Å². The molecular formula is C2H6BNW. The van der Waals surface area contributed by atoms with Crippen molar-refractivity contribution in [2.45, 2.75) is 0 Å². The first-order chi connectivity index (χ1) is 2.41. The van der Waals surface area contributed by atoms with Gasteiger partial charge in [0.05, 0.1) is 0 Å². The van der Waals surface area contributed by atoms with Crippen LogP contribution in [0.25, 0.3) is 5.32 Å². The Morgan fingerprint density at radius 3 is 1.40 bits per heavy atom. The second-order valence-electron chi connectivity index (χ2n) is 0.447. The summed E-state index contributed by atoms with van der Waals surface area (Å²) in [6.07, 6.45) is 0. The van der Waals surface area contributed by atoms with Gasteiger partial charge in [-0.15, -0.1) is 0 Å². The molecule has 0 aliphatic carbocycles. The number of hydrogen-bond donors (Lipinski definition) is 0. The predicted molar refractivity (Wildman–Crippen MR) is 21.0 cm³/mol. The summed E-state index contributed by atoms with van der Waals surface area (Å²) in [5.74, 6) is 0. The monoisotopic (exact) mass is 239 g/mol. The van der Waals surface area contributed by atoms with Crippen molar-refractivity contribution in [1.29, 1.82) is 0 Å². The van der Waals surface area contributed by atoms with Crippen molar-refractivity contribution in [3.8, 4) is 0 Å². The summed E-state index contributed by atoms with van der Waals surface area (Å²) >= 11 is 1.08. The zero-order valence-electron chi connectivity index (χ0n) is 3.43. The second-order valence-corrected chi connectivity index (χ2v) is 0.447. The molecule has 0 fully saturated rings. The quantitative estimate of drug-likeness (QED) is 0.537. The summed E-state index contributed by atoms with van der Waals surface area (Å²) in [7, 11) is 3.50. The van der Waals surface area contributed by atoms with Crippen LogP contribution in [-0.2, 0) is 18.9 Å². The van der Waals surface area contributed by atoms with Crippen LogP contribution in [0.3, 0.4) is 0 Å². The molecular weight excluding hydrogens is 233 g/mol. The fourth-order valence-electron chi connectivity index (χ4n) is 0. The Hall–Kier alpha value is 0.713. The summed E-state index contributed by atoms with van der Waals surface area (Å²) in [6, 6.07) is 0. The third-order valence-corrected chi connectivity index (χ3v) is 0. The van der Waals surface area contributed by atoms with Gasteiger partial charge in [-0.3, -0.25) is 0 Å². The molecule has 0 atom stereocenters. The van der Waals surface area contributed by atoms with Crippen molar-refractivity contribution in [2.24, 2.45) is 0 Å². The zero-order chi connectivity index (χ0) is 4.71. The van der Waals surface area contributed by atoms with Gasteiger partial charge in [0.1, 0.15) is 0 Å². The normalized spacial score (nSPS) is 4.60. The van der Waals surface area contributed by atoms with Crippen molar-refractivity contribution in [2.75, 3.05) is 14.1 Å². The first-order valence-electron chi connectivity index (χ1n) is 1.13. The molecule has 0 unspecified atom stereocenters. The SMILES string of the molecule is C[N-]C.[B]#[W+]. The van der Waals surface area contributed by atoms with Crippen molar-refractivity contribution in [3.63, 3.8) is 0 Å². The molecule has 0 aliphatic heterocycles. The maximum atomic E-state index is 4.58. The van der Waals surface area contributed by atoms with Crippen molar-refractivity contribution in [3.05, 3.63) is 5.32 Å². The molecule has 3 heteroatoms. The molecule has 5 heavy (non-hydrogen) atoms. The molecule has 1 nitrogen and oxygen atoms in total. The molecule has 0 radical (unpaired) electrons. The summed E-state index contributed by atoms with van der Waals surface area (Å²) in [5, 5.41) is 3.50.